The second kappa shape index (κ2) is 5.90. The lowest BCUT2D eigenvalue weighted by atomic mass is 9.99. The van der Waals surface area contributed by atoms with Crippen LogP contribution < -0.4 is 10.5 Å². The van der Waals surface area contributed by atoms with E-state index in [-0.39, 0.29) is 11.1 Å². The molecule has 5 heteroatoms. The number of benzene rings is 2. The maximum absolute atomic E-state index is 13.1. The van der Waals surface area contributed by atoms with E-state index >= 15 is 0 Å². The van der Waals surface area contributed by atoms with Gasteiger partial charge < -0.3 is 10.5 Å². The van der Waals surface area contributed by atoms with E-state index < -0.39 is 5.82 Å². The Kier molecular flexibility index (Phi) is 4.45. The van der Waals surface area contributed by atoms with Crippen molar-refractivity contribution in [3.63, 3.8) is 0 Å². The van der Waals surface area contributed by atoms with Crippen LogP contribution in [0.3, 0.4) is 0 Å². The lowest BCUT2D eigenvalue weighted by Crippen LogP contribution is -2.12. The van der Waals surface area contributed by atoms with E-state index in [9.17, 15) is 4.39 Å². The third kappa shape index (κ3) is 3.08. The zero-order chi connectivity index (χ0) is 14.0. The van der Waals surface area contributed by atoms with Crippen molar-refractivity contribution in [1.82, 2.24) is 0 Å². The fourth-order valence-corrected chi connectivity index (χ4v) is 2.52. The third-order valence-electron chi connectivity index (χ3n) is 2.84. The summed E-state index contributed by atoms with van der Waals surface area (Å²) in [5.41, 5.74) is 7.79. The van der Waals surface area contributed by atoms with Gasteiger partial charge in [0, 0.05) is 0 Å². The first-order valence-corrected chi connectivity index (χ1v) is 6.74. The molecule has 0 aliphatic rings. The maximum Gasteiger partial charge on any atom is 0.141 e. The Bertz CT molecular complexity index is 606. The van der Waals surface area contributed by atoms with Gasteiger partial charge in [0.2, 0.25) is 0 Å². The Balaban J connectivity index is 2.35. The average Bonchev–Trinajstić information content (AvgIpc) is 2.41. The molecule has 2 aromatic carbocycles. The summed E-state index contributed by atoms with van der Waals surface area (Å²) >= 11 is 9.17. The quantitative estimate of drug-likeness (QED) is 0.901. The van der Waals surface area contributed by atoms with Crippen LogP contribution in [0.2, 0.25) is 5.02 Å². The molecule has 0 saturated heterocycles. The Hall–Kier alpha value is -1.10. The normalized spacial score (nSPS) is 12.3. The van der Waals surface area contributed by atoms with E-state index in [1.165, 1.54) is 6.07 Å². The minimum Gasteiger partial charge on any atom is -0.496 e. The molecule has 2 nitrogen and oxygen atoms in total. The van der Waals surface area contributed by atoms with Crippen molar-refractivity contribution < 1.29 is 9.13 Å². The van der Waals surface area contributed by atoms with Gasteiger partial charge in [-0.25, -0.2) is 4.39 Å². The van der Waals surface area contributed by atoms with E-state index in [4.69, 9.17) is 22.1 Å². The summed E-state index contributed by atoms with van der Waals surface area (Å²) in [7, 11) is 1.60. The number of halogens is 3. The van der Waals surface area contributed by atoms with Crippen molar-refractivity contribution >= 4 is 27.5 Å². The van der Waals surface area contributed by atoms with Crippen LogP contribution in [0.4, 0.5) is 4.39 Å². The standard InChI is InChI=1S/C14H12BrClFNO/c1-19-13-5-3-8(6-10(13)15)14(18)9-2-4-12(17)11(16)7-9/h2-7,14H,18H2,1H3. The minimum atomic E-state index is -0.450. The van der Waals surface area contributed by atoms with E-state index in [2.05, 4.69) is 15.9 Å². The van der Waals surface area contributed by atoms with Crippen LogP contribution in [-0.2, 0) is 0 Å². The molecule has 0 aromatic heterocycles. The van der Waals surface area contributed by atoms with Crippen LogP contribution in [0.25, 0.3) is 0 Å². The van der Waals surface area contributed by atoms with E-state index in [0.29, 0.717) is 0 Å². The minimum absolute atomic E-state index is 0.0699. The highest BCUT2D eigenvalue weighted by Gasteiger charge is 2.12. The monoisotopic (exact) mass is 343 g/mol. The highest BCUT2D eigenvalue weighted by molar-refractivity contribution is 9.10. The molecule has 2 N–H and O–H groups in total. The summed E-state index contributed by atoms with van der Waals surface area (Å²) < 4.78 is 19.1. The van der Waals surface area contributed by atoms with Gasteiger partial charge in [0.25, 0.3) is 0 Å². The van der Waals surface area contributed by atoms with Gasteiger partial charge in [-0.1, -0.05) is 23.7 Å². The summed E-state index contributed by atoms with van der Waals surface area (Å²) in [4.78, 5) is 0. The van der Waals surface area contributed by atoms with Gasteiger partial charge in [-0.15, -0.1) is 0 Å². The average molecular weight is 345 g/mol. The summed E-state index contributed by atoms with van der Waals surface area (Å²) in [6.07, 6.45) is 0. The Morgan fingerprint density at radius 1 is 1.21 bits per heavy atom. The Morgan fingerprint density at radius 3 is 2.42 bits per heavy atom. The number of ether oxygens (including phenoxy) is 1. The number of hydrogen-bond acceptors (Lipinski definition) is 2. The molecule has 0 radical (unpaired) electrons. The summed E-state index contributed by atoms with van der Waals surface area (Å²) in [5, 5.41) is 0.0699. The predicted octanol–water partition coefficient (Wildman–Crippen LogP) is 4.30. The second-order valence-electron chi connectivity index (χ2n) is 4.05. The van der Waals surface area contributed by atoms with Gasteiger partial charge in [-0.3, -0.25) is 0 Å². The Morgan fingerprint density at radius 2 is 1.84 bits per heavy atom. The molecule has 1 atom stereocenters. The van der Waals surface area contributed by atoms with Crippen LogP contribution >= 0.6 is 27.5 Å². The van der Waals surface area contributed by atoms with Crippen LogP contribution in [-0.4, -0.2) is 7.11 Å². The molecule has 1 unspecified atom stereocenters. The second-order valence-corrected chi connectivity index (χ2v) is 5.31. The fourth-order valence-electron chi connectivity index (χ4n) is 1.77. The van der Waals surface area contributed by atoms with Gasteiger partial charge in [0.15, 0.2) is 0 Å². The van der Waals surface area contributed by atoms with E-state index in [1.54, 1.807) is 19.2 Å². The van der Waals surface area contributed by atoms with Crippen LogP contribution in [0.1, 0.15) is 17.2 Å². The Labute approximate surface area is 124 Å². The van der Waals surface area contributed by atoms with Gasteiger partial charge in [-0.05, 0) is 51.3 Å². The van der Waals surface area contributed by atoms with Crippen LogP contribution in [0.15, 0.2) is 40.9 Å². The number of rotatable bonds is 3. The zero-order valence-electron chi connectivity index (χ0n) is 10.2. The van der Waals surface area contributed by atoms with Crippen molar-refractivity contribution in [1.29, 1.82) is 0 Å². The first kappa shape index (κ1) is 14.3. The first-order valence-electron chi connectivity index (χ1n) is 5.57. The van der Waals surface area contributed by atoms with E-state index in [0.717, 1.165) is 21.3 Å². The smallest absolute Gasteiger partial charge is 0.141 e. The van der Waals surface area contributed by atoms with Crippen molar-refractivity contribution in [2.24, 2.45) is 5.73 Å². The molecular weight excluding hydrogens is 333 g/mol. The molecule has 0 saturated carbocycles. The molecule has 0 spiro atoms. The summed E-state index contributed by atoms with van der Waals surface area (Å²) in [6.45, 7) is 0. The SMILES string of the molecule is COc1ccc(C(N)c2ccc(F)c(Cl)c2)cc1Br. The largest absolute Gasteiger partial charge is 0.496 e. The van der Waals surface area contributed by atoms with Crippen molar-refractivity contribution in [2.75, 3.05) is 7.11 Å². The molecule has 0 aliphatic carbocycles. The maximum atomic E-state index is 13.1. The first-order chi connectivity index (χ1) is 9.02. The molecule has 0 aliphatic heterocycles. The lowest BCUT2D eigenvalue weighted by molar-refractivity contribution is 0.412. The lowest BCUT2D eigenvalue weighted by Gasteiger charge is -2.14. The highest BCUT2D eigenvalue weighted by atomic mass is 79.9. The van der Waals surface area contributed by atoms with Gasteiger partial charge >= 0.3 is 0 Å². The molecule has 100 valence electrons. The predicted molar refractivity (Wildman–Crippen MR) is 78.1 cm³/mol. The number of nitrogens with two attached hydrogens (primary N) is 1. The highest BCUT2D eigenvalue weighted by Crippen LogP contribution is 2.30. The molecule has 0 bridgehead atoms. The zero-order valence-corrected chi connectivity index (χ0v) is 12.5. The van der Waals surface area contributed by atoms with Crippen LogP contribution in [0, 0.1) is 5.82 Å². The summed E-state index contributed by atoms with van der Waals surface area (Å²) in [6, 6.07) is 9.68. The molecule has 19 heavy (non-hydrogen) atoms. The number of hydrogen-bond donors (Lipinski definition) is 1. The molecular formula is C14H12BrClFNO. The molecule has 0 amide bonds. The van der Waals surface area contributed by atoms with E-state index in [1.807, 2.05) is 18.2 Å². The molecule has 2 aromatic rings. The van der Waals surface area contributed by atoms with Crippen LogP contribution in [0.5, 0.6) is 5.75 Å². The van der Waals surface area contributed by atoms with Crippen molar-refractivity contribution in [2.45, 2.75) is 6.04 Å². The number of methoxy groups -OCH3 is 1. The summed E-state index contributed by atoms with van der Waals surface area (Å²) in [5.74, 6) is 0.279. The van der Waals surface area contributed by atoms with Gasteiger partial charge in [0.1, 0.15) is 11.6 Å². The fraction of sp³-hybridized carbons (Fsp3) is 0.143. The van der Waals surface area contributed by atoms with Gasteiger partial charge in [0.05, 0.1) is 22.6 Å². The van der Waals surface area contributed by atoms with Crippen molar-refractivity contribution in [3.05, 3.63) is 62.8 Å². The van der Waals surface area contributed by atoms with Gasteiger partial charge in [-0.2, -0.15) is 0 Å². The third-order valence-corrected chi connectivity index (χ3v) is 3.75. The molecule has 2 rings (SSSR count). The van der Waals surface area contributed by atoms with Crippen molar-refractivity contribution in [3.8, 4) is 5.75 Å². The molecule has 0 fully saturated rings. The topological polar surface area (TPSA) is 35.2 Å². The molecule has 0 heterocycles.